The highest BCUT2D eigenvalue weighted by molar-refractivity contribution is 5.87. The Morgan fingerprint density at radius 1 is 1.38 bits per heavy atom. The number of aromatic hydroxyl groups is 1. The van der Waals surface area contributed by atoms with Gasteiger partial charge in [0.2, 0.25) is 0 Å². The number of phenolic OH excluding ortho intramolecular Hbond substituents is 1. The zero-order valence-electron chi connectivity index (χ0n) is 9.90. The zero-order valence-corrected chi connectivity index (χ0v) is 9.90. The van der Waals surface area contributed by atoms with Gasteiger partial charge in [-0.3, -0.25) is 0 Å². The van der Waals surface area contributed by atoms with Crippen LogP contribution in [-0.2, 0) is 11.3 Å². The Morgan fingerprint density at radius 3 is 2.75 bits per heavy atom. The Labute approximate surface area is 95.3 Å². The second-order valence-corrected chi connectivity index (χ2v) is 4.24. The molecule has 16 heavy (non-hydrogen) atoms. The van der Waals surface area contributed by atoms with E-state index >= 15 is 0 Å². The van der Waals surface area contributed by atoms with Crippen LogP contribution in [0.4, 0.5) is 0 Å². The molecule has 0 saturated heterocycles. The smallest absolute Gasteiger partial charge is 0.124 e. The molecule has 0 aliphatic heterocycles. The van der Waals surface area contributed by atoms with E-state index in [2.05, 4.69) is 18.4 Å². The van der Waals surface area contributed by atoms with E-state index in [9.17, 15) is 5.11 Å². The van der Waals surface area contributed by atoms with Gasteiger partial charge in [-0.25, -0.2) is 0 Å². The molecule has 1 N–H and O–H groups in total. The molecule has 0 atom stereocenters. The van der Waals surface area contributed by atoms with E-state index in [4.69, 9.17) is 4.74 Å². The van der Waals surface area contributed by atoms with Gasteiger partial charge in [0.05, 0.1) is 12.1 Å². The summed E-state index contributed by atoms with van der Waals surface area (Å²) in [5.74, 6) is 0.328. The lowest BCUT2D eigenvalue weighted by atomic mass is 10.2. The van der Waals surface area contributed by atoms with Crippen LogP contribution in [-0.4, -0.2) is 16.8 Å². The summed E-state index contributed by atoms with van der Waals surface area (Å²) in [6.45, 7) is 4.82. The second kappa shape index (κ2) is 4.18. The molecule has 2 rings (SSSR count). The molecule has 0 unspecified atom stereocenters. The molecule has 0 fully saturated rings. The molecule has 0 radical (unpaired) electrons. The fourth-order valence-electron chi connectivity index (χ4n) is 2.16. The molecule has 0 saturated carbocycles. The van der Waals surface area contributed by atoms with Gasteiger partial charge in [0.1, 0.15) is 5.75 Å². The van der Waals surface area contributed by atoms with Crippen molar-refractivity contribution in [3.63, 3.8) is 0 Å². The van der Waals surface area contributed by atoms with Gasteiger partial charge in [-0.05, 0) is 32.0 Å². The highest BCUT2D eigenvalue weighted by Gasteiger charge is 2.12. The number of rotatable bonds is 3. The summed E-state index contributed by atoms with van der Waals surface area (Å²) >= 11 is 0. The van der Waals surface area contributed by atoms with Gasteiger partial charge < -0.3 is 14.4 Å². The van der Waals surface area contributed by atoms with Gasteiger partial charge in [0.25, 0.3) is 0 Å². The van der Waals surface area contributed by atoms with Crippen molar-refractivity contribution in [3.8, 4) is 5.75 Å². The highest BCUT2D eigenvalue weighted by Crippen LogP contribution is 2.30. The third-order valence-corrected chi connectivity index (χ3v) is 2.75. The lowest BCUT2D eigenvalue weighted by Gasteiger charge is -2.14. The first-order valence-electron chi connectivity index (χ1n) is 5.46. The highest BCUT2D eigenvalue weighted by atomic mass is 16.5. The summed E-state index contributed by atoms with van der Waals surface area (Å²) in [6, 6.07) is 7.95. The van der Waals surface area contributed by atoms with Crippen molar-refractivity contribution >= 4 is 10.9 Å². The van der Waals surface area contributed by atoms with Crippen molar-refractivity contribution < 1.29 is 9.84 Å². The Bertz CT molecular complexity index is 500. The summed E-state index contributed by atoms with van der Waals surface area (Å²) in [5, 5.41) is 10.7. The monoisotopic (exact) mass is 219 g/mol. The van der Waals surface area contributed by atoms with E-state index in [0.717, 1.165) is 16.6 Å². The minimum atomic E-state index is 0.328. The van der Waals surface area contributed by atoms with Gasteiger partial charge in [-0.15, -0.1) is 0 Å². The number of benzene rings is 1. The first-order valence-corrected chi connectivity index (χ1v) is 5.46. The minimum absolute atomic E-state index is 0.328. The molecule has 0 spiro atoms. The second-order valence-electron chi connectivity index (χ2n) is 4.24. The summed E-state index contributed by atoms with van der Waals surface area (Å²) in [4.78, 5) is 0. The maximum Gasteiger partial charge on any atom is 0.124 e. The van der Waals surface area contributed by atoms with Crippen molar-refractivity contribution in [3.05, 3.63) is 30.0 Å². The van der Waals surface area contributed by atoms with Crippen molar-refractivity contribution in [1.82, 2.24) is 4.57 Å². The maximum absolute atomic E-state index is 9.80. The summed E-state index contributed by atoms with van der Waals surface area (Å²) in [6.07, 6.45) is 0. The summed E-state index contributed by atoms with van der Waals surface area (Å²) < 4.78 is 7.38. The number of nitrogens with zero attached hydrogens (tertiary/aromatic N) is 1. The number of fused-ring (bicyclic) bond motifs is 1. The summed E-state index contributed by atoms with van der Waals surface area (Å²) in [7, 11) is 1.68. The summed E-state index contributed by atoms with van der Waals surface area (Å²) in [5.41, 5.74) is 2.15. The Kier molecular flexibility index (Phi) is 2.88. The quantitative estimate of drug-likeness (QED) is 0.860. The lowest BCUT2D eigenvalue weighted by Crippen LogP contribution is -2.05. The van der Waals surface area contributed by atoms with Crippen LogP contribution in [0.25, 0.3) is 10.9 Å². The van der Waals surface area contributed by atoms with E-state index in [1.807, 2.05) is 18.2 Å². The van der Waals surface area contributed by atoms with E-state index in [1.54, 1.807) is 13.2 Å². The normalized spacial score (nSPS) is 11.5. The largest absolute Gasteiger partial charge is 0.507 e. The molecule has 0 amide bonds. The standard InChI is InChI=1S/C13H17NO2/c1-9(2)14-10(8-16-3)7-11-12(14)5-4-6-13(11)15/h4-7,9,15H,8H2,1-3H3. The van der Waals surface area contributed by atoms with Crippen molar-refractivity contribution in [2.75, 3.05) is 7.11 Å². The fraction of sp³-hybridized carbons (Fsp3) is 0.385. The van der Waals surface area contributed by atoms with Crippen LogP contribution in [0, 0.1) is 0 Å². The molecule has 3 nitrogen and oxygen atoms in total. The van der Waals surface area contributed by atoms with Crippen LogP contribution in [0.5, 0.6) is 5.75 Å². The van der Waals surface area contributed by atoms with Gasteiger partial charge >= 0.3 is 0 Å². The van der Waals surface area contributed by atoms with Crippen LogP contribution in [0.15, 0.2) is 24.3 Å². The van der Waals surface area contributed by atoms with Crippen LogP contribution < -0.4 is 0 Å². The van der Waals surface area contributed by atoms with Gasteiger partial charge in [0, 0.05) is 24.2 Å². The first-order chi connectivity index (χ1) is 7.65. The van der Waals surface area contributed by atoms with Crippen molar-refractivity contribution in [2.45, 2.75) is 26.5 Å². The number of hydrogen-bond donors (Lipinski definition) is 1. The van der Waals surface area contributed by atoms with Gasteiger partial charge in [-0.2, -0.15) is 0 Å². The van der Waals surface area contributed by atoms with E-state index in [-0.39, 0.29) is 0 Å². The number of phenols is 1. The van der Waals surface area contributed by atoms with Gasteiger partial charge in [-0.1, -0.05) is 6.07 Å². The maximum atomic E-state index is 9.80. The lowest BCUT2D eigenvalue weighted by molar-refractivity contribution is 0.177. The topological polar surface area (TPSA) is 34.4 Å². The first kappa shape index (κ1) is 11.0. The molecule has 0 aliphatic rings. The zero-order chi connectivity index (χ0) is 11.7. The minimum Gasteiger partial charge on any atom is -0.507 e. The van der Waals surface area contributed by atoms with E-state index < -0.39 is 0 Å². The molecule has 1 heterocycles. The van der Waals surface area contributed by atoms with Gasteiger partial charge in [0.15, 0.2) is 0 Å². The number of methoxy groups -OCH3 is 1. The van der Waals surface area contributed by atoms with Crippen molar-refractivity contribution in [1.29, 1.82) is 0 Å². The Morgan fingerprint density at radius 2 is 2.12 bits per heavy atom. The predicted molar refractivity (Wildman–Crippen MR) is 64.7 cm³/mol. The molecule has 86 valence electrons. The molecule has 1 aromatic carbocycles. The SMILES string of the molecule is COCc1cc2c(O)cccc2n1C(C)C. The van der Waals surface area contributed by atoms with Crippen LogP contribution in [0.2, 0.25) is 0 Å². The molecule has 0 aliphatic carbocycles. The van der Waals surface area contributed by atoms with Crippen LogP contribution in [0.1, 0.15) is 25.6 Å². The van der Waals surface area contributed by atoms with E-state index in [1.165, 1.54) is 0 Å². The number of aromatic nitrogens is 1. The van der Waals surface area contributed by atoms with Crippen LogP contribution in [0.3, 0.4) is 0 Å². The molecule has 2 aromatic rings. The molecule has 0 bridgehead atoms. The van der Waals surface area contributed by atoms with E-state index in [0.29, 0.717) is 18.4 Å². The average Bonchev–Trinajstić information content (AvgIpc) is 2.58. The number of ether oxygens (including phenoxy) is 1. The molecular weight excluding hydrogens is 202 g/mol. The number of hydrogen-bond acceptors (Lipinski definition) is 2. The third kappa shape index (κ3) is 1.67. The Balaban J connectivity index is 2.70. The van der Waals surface area contributed by atoms with Crippen LogP contribution >= 0.6 is 0 Å². The molecule has 3 heteroatoms. The third-order valence-electron chi connectivity index (χ3n) is 2.75. The molecule has 1 aromatic heterocycles. The molecular formula is C13H17NO2. The van der Waals surface area contributed by atoms with Crippen molar-refractivity contribution in [2.24, 2.45) is 0 Å². The fourth-order valence-corrected chi connectivity index (χ4v) is 2.16. The average molecular weight is 219 g/mol. The Hall–Kier alpha value is -1.48. The predicted octanol–water partition coefficient (Wildman–Crippen LogP) is 3.07.